The smallest absolute Gasteiger partial charge is 0.256 e. The van der Waals surface area contributed by atoms with Gasteiger partial charge in [-0.3, -0.25) is 14.6 Å². The number of fused-ring (bicyclic) bond motifs is 1. The van der Waals surface area contributed by atoms with E-state index in [1.54, 1.807) is 24.2 Å². The van der Waals surface area contributed by atoms with Crippen molar-refractivity contribution in [2.75, 3.05) is 20.1 Å². The summed E-state index contributed by atoms with van der Waals surface area (Å²) in [6.45, 7) is 2.23. The van der Waals surface area contributed by atoms with E-state index in [1.165, 1.54) is 0 Å². The van der Waals surface area contributed by atoms with Gasteiger partial charge in [0, 0.05) is 44.0 Å². The van der Waals surface area contributed by atoms with Crippen LogP contribution >= 0.6 is 0 Å². The van der Waals surface area contributed by atoms with Crippen LogP contribution in [-0.4, -0.2) is 46.7 Å². The SMILES string of the molecule is CN1Cc2cc(-c3ncccc3C(=O)N3CCCC3)ccc2C1=O. The quantitative estimate of drug-likeness (QED) is 0.854. The summed E-state index contributed by atoms with van der Waals surface area (Å²) in [6.07, 6.45) is 3.84. The van der Waals surface area contributed by atoms with Crippen molar-refractivity contribution in [1.29, 1.82) is 0 Å². The van der Waals surface area contributed by atoms with Crippen LogP contribution in [0.1, 0.15) is 39.1 Å². The van der Waals surface area contributed by atoms with Gasteiger partial charge in [0.25, 0.3) is 11.8 Å². The third-order valence-electron chi connectivity index (χ3n) is 4.79. The van der Waals surface area contributed by atoms with Crippen molar-refractivity contribution in [3.8, 4) is 11.3 Å². The highest BCUT2D eigenvalue weighted by Gasteiger charge is 2.26. The predicted octanol–water partition coefficient (Wildman–Crippen LogP) is 2.57. The average molecular weight is 321 g/mol. The Kier molecular flexibility index (Phi) is 3.56. The molecule has 24 heavy (non-hydrogen) atoms. The van der Waals surface area contributed by atoms with Gasteiger partial charge < -0.3 is 9.80 Å². The monoisotopic (exact) mass is 321 g/mol. The molecule has 0 saturated carbocycles. The van der Waals surface area contributed by atoms with Gasteiger partial charge in [-0.25, -0.2) is 0 Å². The molecule has 1 aromatic carbocycles. The Morgan fingerprint density at radius 1 is 1.17 bits per heavy atom. The summed E-state index contributed by atoms with van der Waals surface area (Å²) in [4.78, 5) is 32.9. The van der Waals surface area contributed by atoms with E-state index in [2.05, 4.69) is 4.98 Å². The zero-order chi connectivity index (χ0) is 16.7. The van der Waals surface area contributed by atoms with E-state index >= 15 is 0 Å². The van der Waals surface area contributed by atoms with Gasteiger partial charge in [-0.2, -0.15) is 0 Å². The van der Waals surface area contributed by atoms with Crippen molar-refractivity contribution in [3.05, 3.63) is 53.2 Å². The minimum atomic E-state index is 0.0456. The fourth-order valence-corrected chi connectivity index (χ4v) is 3.51. The second kappa shape index (κ2) is 5.74. The highest BCUT2D eigenvalue weighted by atomic mass is 16.2. The van der Waals surface area contributed by atoms with Gasteiger partial charge in [0.2, 0.25) is 0 Å². The minimum absolute atomic E-state index is 0.0456. The van der Waals surface area contributed by atoms with E-state index in [4.69, 9.17) is 0 Å². The molecule has 2 amide bonds. The molecule has 2 aromatic rings. The van der Waals surface area contributed by atoms with Crippen molar-refractivity contribution in [2.45, 2.75) is 19.4 Å². The van der Waals surface area contributed by atoms with Crippen molar-refractivity contribution < 1.29 is 9.59 Å². The molecule has 5 heteroatoms. The molecule has 2 aliphatic heterocycles. The Bertz CT molecular complexity index is 825. The number of amides is 2. The third-order valence-corrected chi connectivity index (χ3v) is 4.79. The second-order valence-electron chi connectivity index (χ2n) is 6.43. The van der Waals surface area contributed by atoms with Gasteiger partial charge in [0.15, 0.2) is 0 Å². The summed E-state index contributed by atoms with van der Waals surface area (Å²) in [5.74, 6) is 0.0928. The van der Waals surface area contributed by atoms with Crippen molar-refractivity contribution >= 4 is 11.8 Å². The first-order valence-corrected chi connectivity index (χ1v) is 8.28. The minimum Gasteiger partial charge on any atom is -0.339 e. The van der Waals surface area contributed by atoms with Crippen LogP contribution in [-0.2, 0) is 6.54 Å². The molecule has 0 radical (unpaired) electrons. The first-order chi connectivity index (χ1) is 11.6. The topological polar surface area (TPSA) is 53.5 Å². The normalized spacial score (nSPS) is 16.6. The number of carbonyl (C=O) groups is 2. The van der Waals surface area contributed by atoms with E-state index in [0.717, 1.165) is 42.6 Å². The Labute approximate surface area is 140 Å². The number of likely N-dealkylation sites (tertiary alicyclic amines) is 1. The van der Waals surface area contributed by atoms with E-state index in [9.17, 15) is 9.59 Å². The van der Waals surface area contributed by atoms with Crippen LogP contribution in [0.5, 0.6) is 0 Å². The van der Waals surface area contributed by atoms with Crippen molar-refractivity contribution in [2.24, 2.45) is 0 Å². The van der Waals surface area contributed by atoms with E-state index in [-0.39, 0.29) is 11.8 Å². The molecule has 1 aromatic heterocycles. The number of aromatic nitrogens is 1. The number of pyridine rings is 1. The molecule has 3 heterocycles. The maximum atomic E-state index is 12.8. The summed E-state index contributed by atoms with van der Waals surface area (Å²) in [7, 11) is 1.80. The molecular weight excluding hydrogens is 302 g/mol. The molecule has 0 atom stereocenters. The van der Waals surface area contributed by atoms with Crippen LogP contribution in [0.3, 0.4) is 0 Å². The number of hydrogen-bond acceptors (Lipinski definition) is 3. The lowest BCUT2D eigenvalue weighted by Gasteiger charge is -2.17. The summed E-state index contributed by atoms with van der Waals surface area (Å²) < 4.78 is 0. The summed E-state index contributed by atoms with van der Waals surface area (Å²) in [5.41, 5.74) is 3.95. The molecule has 1 saturated heterocycles. The number of carbonyl (C=O) groups excluding carboxylic acids is 2. The second-order valence-corrected chi connectivity index (χ2v) is 6.43. The van der Waals surface area contributed by atoms with Gasteiger partial charge >= 0.3 is 0 Å². The summed E-state index contributed by atoms with van der Waals surface area (Å²) >= 11 is 0. The molecular formula is C19H19N3O2. The molecule has 4 rings (SSSR count). The molecule has 0 aliphatic carbocycles. The van der Waals surface area contributed by atoms with Gasteiger partial charge in [-0.15, -0.1) is 0 Å². The first kappa shape index (κ1) is 14.9. The Morgan fingerprint density at radius 2 is 1.96 bits per heavy atom. The number of nitrogens with zero attached hydrogens (tertiary/aromatic N) is 3. The Morgan fingerprint density at radius 3 is 2.75 bits per heavy atom. The van der Waals surface area contributed by atoms with Crippen molar-refractivity contribution in [1.82, 2.24) is 14.8 Å². The average Bonchev–Trinajstić information content (AvgIpc) is 3.23. The molecule has 2 aliphatic rings. The molecule has 0 N–H and O–H groups in total. The Balaban J connectivity index is 1.74. The largest absolute Gasteiger partial charge is 0.339 e. The van der Waals surface area contributed by atoms with E-state index in [0.29, 0.717) is 17.8 Å². The first-order valence-electron chi connectivity index (χ1n) is 8.28. The summed E-state index contributed by atoms with van der Waals surface area (Å²) in [6, 6.07) is 9.36. The maximum Gasteiger partial charge on any atom is 0.256 e. The molecule has 1 fully saturated rings. The standard InChI is InChI=1S/C19H19N3O2/c1-21-12-14-11-13(6-7-15(14)18(21)23)17-16(5-4-8-20-17)19(24)22-9-2-3-10-22/h4-8,11H,2-3,9-10,12H2,1H3. The van der Waals surface area contributed by atoms with E-state index in [1.807, 2.05) is 29.2 Å². The van der Waals surface area contributed by atoms with Crippen LogP contribution in [0.25, 0.3) is 11.3 Å². The number of rotatable bonds is 2. The fourth-order valence-electron chi connectivity index (χ4n) is 3.51. The van der Waals surface area contributed by atoms with Gasteiger partial charge in [0.05, 0.1) is 11.3 Å². The van der Waals surface area contributed by atoms with Gasteiger partial charge in [-0.05, 0) is 42.7 Å². The molecule has 0 bridgehead atoms. The fraction of sp³-hybridized carbons (Fsp3) is 0.316. The van der Waals surface area contributed by atoms with Crippen molar-refractivity contribution in [3.63, 3.8) is 0 Å². The van der Waals surface area contributed by atoms with Crippen LogP contribution in [0.4, 0.5) is 0 Å². The molecule has 122 valence electrons. The maximum absolute atomic E-state index is 12.8. The van der Waals surface area contributed by atoms with Crippen LogP contribution < -0.4 is 0 Å². The van der Waals surface area contributed by atoms with Crippen LogP contribution in [0.2, 0.25) is 0 Å². The van der Waals surface area contributed by atoms with Gasteiger partial charge in [-0.1, -0.05) is 6.07 Å². The molecule has 5 nitrogen and oxygen atoms in total. The predicted molar refractivity (Wildman–Crippen MR) is 90.6 cm³/mol. The highest BCUT2D eigenvalue weighted by molar-refractivity contribution is 6.01. The third kappa shape index (κ3) is 2.37. The molecule has 0 unspecified atom stereocenters. The van der Waals surface area contributed by atoms with Gasteiger partial charge in [0.1, 0.15) is 0 Å². The van der Waals surface area contributed by atoms with Crippen LogP contribution in [0, 0.1) is 0 Å². The zero-order valence-electron chi connectivity index (χ0n) is 13.7. The van der Waals surface area contributed by atoms with Crippen LogP contribution in [0.15, 0.2) is 36.5 Å². The number of benzene rings is 1. The Hall–Kier alpha value is -2.69. The molecule has 0 spiro atoms. The van der Waals surface area contributed by atoms with E-state index < -0.39 is 0 Å². The number of hydrogen-bond donors (Lipinski definition) is 0. The lowest BCUT2D eigenvalue weighted by molar-refractivity contribution is 0.0791. The lowest BCUT2D eigenvalue weighted by Crippen LogP contribution is -2.28. The zero-order valence-corrected chi connectivity index (χ0v) is 13.7. The highest BCUT2D eigenvalue weighted by Crippen LogP contribution is 2.29. The summed E-state index contributed by atoms with van der Waals surface area (Å²) in [5, 5.41) is 0. The lowest BCUT2D eigenvalue weighted by atomic mass is 10.0.